The van der Waals surface area contributed by atoms with Crippen molar-refractivity contribution < 1.29 is 15.0 Å². The normalized spacial score (nSPS) is 10.8. The fourth-order valence-corrected chi connectivity index (χ4v) is 3.12. The molecule has 0 saturated carbocycles. The van der Waals surface area contributed by atoms with Gasteiger partial charge in [0.25, 0.3) is 5.91 Å². The zero-order valence-electron chi connectivity index (χ0n) is 10.5. The maximum absolute atomic E-state index is 11.8. The van der Waals surface area contributed by atoms with E-state index in [2.05, 4.69) is 26.5 Å². The third kappa shape index (κ3) is 3.94. The molecule has 0 aliphatic rings. The topological polar surface area (TPSA) is 81.9 Å². The Labute approximate surface area is 143 Å². The number of phenols is 2. The first-order valence-electron chi connectivity index (χ1n) is 5.78. The number of nitrogens with one attached hydrogen (secondary N) is 1. The molecule has 0 unspecified atom stereocenters. The molecule has 0 radical (unpaired) electrons. The lowest BCUT2D eigenvalue weighted by Crippen LogP contribution is -2.17. The number of para-hydroxylation sites is 1. The fraction of sp³-hybridized carbons (Fsp3) is 0. The van der Waals surface area contributed by atoms with Gasteiger partial charge in [0.15, 0.2) is 0 Å². The van der Waals surface area contributed by atoms with E-state index in [1.54, 1.807) is 24.3 Å². The molecule has 0 aliphatic carbocycles. The van der Waals surface area contributed by atoms with Gasteiger partial charge in [-0.2, -0.15) is 5.10 Å². The molecule has 2 aromatic carbocycles. The molecule has 0 saturated heterocycles. The van der Waals surface area contributed by atoms with Gasteiger partial charge in [-0.15, -0.1) is 0 Å². The van der Waals surface area contributed by atoms with Crippen LogP contribution in [0.5, 0.6) is 11.5 Å². The number of aromatic hydroxyl groups is 2. The van der Waals surface area contributed by atoms with Crippen LogP contribution in [0.3, 0.4) is 0 Å². The molecular weight excluding hydrogens is 451 g/mol. The number of phenolic OH excluding ortho intramolecular Hbond substituents is 2. The average Bonchev–Trinajstić information content (AvgIpc) is 2.44. The van der Waals surface area contributed by atoms with Crippen LogP contribution in [0, 0.1) is 3.57 Å². The van der Waals surface area contributed by atoms with Gasteiger partial charge in [-0.1, -0.05) is 28.1 Å². The van der Waals surface area contributed by atoms with Crippen LogP contribution < -0.4 is 5.43 Å². The first-order valence-corrected chi connectivity index (χ1v) is 7.65. The first-order chi connectivity index (χ1) is 9.99. The van der Waals surface area contributed by atoms with Gasteiger partial charge in [-0.05, 0) is 46.9 Å². The van der Waals surface area contributed by atoms with Gasteiger partial charge in [-0.25, -0.2) is 5.43 Å². The fourth-order valence-electron chi connectivity index (χ4n) is 1.57. The highest BCUT2D eigenvalue weighted by atomic mass is 127. The van der Waals surface area contributed by atoms with E-state index < -0.39 is 5.91 Å². The van der Waals surface area contributed by atoms with E-state index in [1.165, 1.54) is 18.3 Å². The number of hydrazone groups is 1. The molecule has 0 spiro atoms. The average molecular weight is 461 g/mol. The Balaban J connectivity index is 2.13. The van der Waals surface area contributed by atoms with Crippen molar-refractivity contribution in [1.29, 1.82) is 0 Å². The van der Waals surface area contributed by atoms with Gasteiger partial charge >= 0.3 is 0 Å². The summed E-state index contributed by atoms with van der Waals surface area (Å²) in [6, 6.07) is 9.60. The van der Waals surface area contributed by atoms with Crippen LogP contribution in [0.4, 0.5) is 0 Å². The van der Waals surface area contributed by atoms with Crippen LogP contribution in [-0.4, -0.2) is 22.3 Å². The van der Waals surface area contributed by atoms with E-state index in [0.29, 0.717) is 9.13 Å². The Hall–Kier alpha value is -1.61. The minimum Gasteiger partial charge on any atom is -0.507 e. The van der Waals surface area contributed by atoms with E-state index in [9.17, 15) is 15.0 Å². The van der Waals surface area contributed by atoms with E-state index in [0.717, 1.165) is 4.47 Å². The van der Waals surface area contributed by atoms with E-state index in [-0.39, 0.29) is 17.1 Å². The summed E-state index contributed by atoms with van der Waals surface area (Å²) < 4.78 is 1.45. The molecule has 0 atom stereocenters. The molecule has 0 fully saturated rings. The number of hydrogen-bond acceptors (Lipinski definition) is 4. The van der Waals surface area contributed by atoms with Crippen molar-refractivity contribution in [3.63, 3.8) is 0 Å². The van der Waals surface area contributed by atoms with Gasteiger partial charge in [0.1, 0.15) is 11.5 Å². The predicted octanol–water partition coefficient (Wildman–Crippen LogP) is 3.23. The minimum absolute atomic E-state index is 0.0827. The van der Waals surface area contributed by atoms with E-state index in [4.69, 9.17) is 0 Å². The molecule has 2 rings (SSSR count). The highest BCUT2D eigenvalue weighted by Gasteiger charge is 2.09. The number of nitrogens with zero attached hydrogens (tertiary/aromatic N) is 1. The summed E-state index contributed by atoms with van der Waals surface area (Å²) in [6.07, 6.45) is 1.33. The van der Waals surface area contributed by atoms with Gasteiger partial charge in [0, 0.05) is 10.0 Å². The molecule has 108 valence electrons. The smallest absolute Gasteiger partial charge is 0.275 e. The standard InChI is InChI=1S/C14H10BrIN2O3/c15-9-5-8(13(20)11(16)6-9)7-17-18-14(21)10-3-1-2-4-12(10)19/h1-7,19-20H,(H,18,21)/b17-7+. The van der Waals surface area contributed by atoms with Gasteiger partial charge in [-0.3, -0.25) is 4.79 Å². The molecule has 0 aromatic heterocycles. The molecule has 0 heterocycles. The van der Waals surface area contributed by atoms with Crippen LogP contribution in [0.15, 0.2) is 46.0 Å². The zero-order chi connectivity index (χ0) is 15.4. The summed E-state index contributed by atoms with van der Waals surface area (Å²) in [4.78, 5) is 11.8. The zero-order valence-corrected chi connectivity index (χ0v) is 14.3. The van der Waals surface area contributed by atoms with Crippen molar-refractivity contribution in [2.45, 2.75) is 0 Å². The Morgan fingerprint density at radius 1 is 1.29 bits per heavy atom. The van der Waals surface area contributed by atoms with Crippen LogP contribution in [0.1, 0.15) is 15.9 Å². The second-order valence-corrected chi connectivity index (χ2v) is 6.12. The quantitative estimate of drug-likeness (QED) is 0.373. The van der Waals surface area contributed by atoms with Crippen LogP contribution in [-0.2, 0) is 0 Å². The third-order valence-electron chi connectivity index (χ3n) is 2.58. The summed E-state index contributed by atoms with van der Waals surface area (Å²) in [6.45, 7) is 0. The van der Waals surface area contributed by atoms with Crippen molar-refractivity contribution in [2.75, 3.05) is 0 Å². The molecule has 3 N–H and O–H groups in total. The van der Waals surface area contributed by atoms with Crippen molar-refractivity contribution in [3.8, 4) is 11.5 Å². The molecule has 1 amide bonds. The first kappa shape index (κ1) is 15.8. The molecule has 2 aromatic rings. The summed E-state index contributed by atoms with van der Waals surface area (Å²) in [5.74, 6) is -0.571. The summed E-state index contributed by atoms with van der Waals surface area (Å²) in [7, 11) is 0. The van der Waals surface area contributed by atoms with Crippen LogP contribution in [0.25, 0.3) is 0 Å². The lowest BCUT2D eigenvalue weighted by atomic mass is 10.2. The highest BCUT2D eigenvalue weighted by Crippen LogP contribution is 2.27. The summed E-state index contributed by atoms with van der Waals surface area (Å²) in [5, 5.41) is 23.2. The number of rotatable bonds is 3. The van der Waals surface area contributed by atoms with Crippen molar-refractivity contribution in [3.05, 3.63) is 55.6 Å². The molecule has 7 heteroatoms. The number of carbonyl (C=O) groups excluding carboxylic acids is 1. The molecular formula is C14H10BrIN2O3. The Morgan fingerprint density at radius 2 is 2.00 bits per heavy atom. The van der Waals surface area contributed by atoms with E-state index in [1.807, 2.05) is 22.6 Å². The lowest BCUT2D eigenvalue weighted by molar-refractivity contribution is 0.0952. The summed E-state index contributed by atoms with van der Waals surface area (Å²) in [5.41, 5.74) is 2.89. The Kier molecular flexibility index (Phi) is 5.18. The highest BCUT2D eigenvalue weighted by molar-refractivity contribution is 14.1. The summed E-state index contributed by atoms with van der Waals surface area (Å²) >= 11 is 5.31. The lowest BCUT2D eigenvalue weighted by Gasteiger charge is -2.04. The Bertz CT molecular complexity index is 719. The molecule has 0 aliphatic heterocycles. The maximum Gasteiger partial charge on any atom is 0.275 e. The number of hydrogen-bond donors (Lipinski definition) is 3. The number of benzene rings is 2. The van der Waals surface area contributed by atoms with Gasteiger partial charge < -0.3 is 10.2 Å². The second-order valence-electron chi connectivity index (χ2n) is 4.04. The SMILES string of the molecule is O=C(N/N=C/c1cc(Br)cc(I)c1O)c1ccccc1O. The molecule has 21 heavy (non-hydrogen) atoms. The van der Waals surface area contributed by atoms with Crippen molar-refractivity contribution >= 4 is 50.6 Å². The Morgan fingerprint density at radius 3 is 2.71 bits per heavy atom. The van der Waals surface area contributed by atoms with E-state index >= 15 is 0 Å². The van der Waals surface area contributed by atoms with Crippen LogP contribution in [0.2, 0.25) is 0 Å². The number of halogens is 2. The number of amides is 1. The minimum atomic E-state index is -0.534. The maximum atomic E-state index is 11.8. The molecule has 0 bridgehead atoms. The third-order valence-corrected chi connectivity index (χ3v) is 3.86. The van der Waals surface area contributed by atoms with Gasteiger partial charge in [0.2, 0.25) is 0 Å². The predicted molar refractivity (Wildman–Crippen MR) is 91.7 cm³/mol. The molecule has 5 nitrogen and oxygen atoms in total. The van der Waals surface area contributed by atoms with Crippen LogP contribution >= 0.6 is 38.5 Å². The second kappa shape index (κ2) is 6.90. The largest absolute Gasteiger partial charge is 0.507 e. The van der Waals surface area contributed by atoms with Gasteiger partial charge in [0.05, 0.1) is 15.3 Å². The monoisotopic (exact) mass is 460 g/mol. The van der Waals surface area contributed by atoms with Crippen molar-refractivity contribution in [1.82, 2.24) is 5.43 Å². The number of carbonyl (C=O) groups is 1. The van der Waals surface area contributed by atoms with Crippen molar-refractivity contribution in [2.24, 2.45) is 5.10 Å².